The van der Waals surface area contributed by atoms with E-state index in [1.807, 2.05) is 0 Å². The van der Waals surface area contributed by atoms with Gasteiger partial charge in [-0.1, -0.05) is 5.21 Å². The smallest absolute Gasteiger partial charge is 0.327 e. The van der Waals surface area contributed by atoms with Crippen molar-refractivity contribution >= 4 is 5.97 Å². The van der Waals surface area contributed by atoms with Crippen molar-refractivity contribution in [2.24, 2.45) is 5.73 Å². The molecule has 0 atom stereocenters. The SMILES string of the molecule is CCOC(=O)Cn1cc(CCCN)nn1. The first-order chi connectivity index (χ1) is 7.26. The predicted molar refractivity (Wildman–Crippen MR) is 54.0 cm³/mol. The summed E-state index contributed by atoms with van der Waals surface area (Å²) in [6.07, 6.45) is 3.41. The fourth-order valence-electron chi connectivity index (χ4n) is 1.15. The van der Waals surface area contributed by atoms with E-state index in [-0.39, 0.29) is 12.5 Å². The molecule has 0 unspecified atom stereocenters. The highest BCUT2D eigenvalue weighted by Gasteiger charge is 2.05. The Labute approximate surface area is 88.4 Å². The molecule has 0 fully saturated rings. The fourth-order valence-corrected chi connectivity index (χ4v) is 1.15. The number of hydrogen-bond donors (Lipinski definition) is 1. The molecular formula is C9H16N4O2. The van der Waals surface area contributed by atoms with Gasteiger partial charge in [0.25, 0.3) is 0 Å². The molecule has 0 radical (unpaired) electrons. The van der Waals surface area contributed by atoms with E-state index in [1.54, 1.807) is 13.1 Å². The Morgan fingerprint density at radius 2 is 2.47 bits per heavy atom. The molecule has 1 heterocycles. The number of carbonyl (C=O) groups is 1. The van der Waals surface area contributed by atoms with Crippen LogP contribution in [0.5, 0.6) is 0 Å². The Hall–Kier alpha value is -1.43. The summed E-state index contributed by atoms with van der Waals surface area (Å²) < 4.78 is 6.26. The van der Waals surface area contributed by atoms with Crippen LogP contribution in [-0.2, 0) is 22.5 Å². The van der Waals surface area contributed by atoms with Crippen LogP contribution in [0, 0.1) is 0 Å². The van der Waals surface area contributed by atoms with E-state index in [1.165, 1.54) is 4.68 Å². The number of nitrogens with two attached hydrogens (primary N) is 1. The molecule has 84 valence electrons. The number of rotatable bonds is 6. The number of aryl methyl sites for hydroxylation is 1. The number of nitrogens with zero attached hydrogens (tertiary/aromatic N) is 3. The van der Waals surface area contributed by atoms with E-state index in [0.29, 0.717) is 13.2 Å². The van der Waals surface area contributed by atoms with Crippen molar-refractivity contribution in [2.45, 2.75) is 26.3 Å². The molecule has 0 aliphatic heterocycles. The molecule has 0 spiro atoms. The van der Waals surface area contributed by atoms with Crippen molar-refractivity contribution < 1.29 is 9.53 Å². The first-order valence-electron chi connectivity index (χ1n) is 5.01. The number of ether oxygens (including phenoxy) is 1. The zero-order chi connectivity index (χ0) is 11.1. The molecule has 1 aromatic rings. The summed E-state index contributed by atoms with van der Waals surface area (Å²) in [7, 11) is 0. The lowest BCUT2D eigenvalue weighted by atomic mass is 10.2. The number of aromatic nitrogens is 3. The number of carbonyl (C=O) groups excluding carboxylic acids is 1. The van der Waals surface area contributed by atoms with E-state index in [0.717, 1.165) is 18.5 Å². The second-order valence-electron chi connectivity index (χ2n) is 3.10. The van der Waals surface area contributed by atoms with Crippen molar-refractivity contribution in [3.8, 4) is 0 Å². The molecule has 6 heteroatoms. The molecule has 6 nitrogen and oxygen atoms in total. The van der Waals surface area contributed by atoms with E-state index >= 15 is 0 Å². The Bertz CT molecular complexity index is 311. The van der Waals surface area contributed by atoms with E-state index < -0.39 is 0 Å². The molecule has 0 aromatic carbocycles. The van der Waals surface area contributed by atoms with Gasteiger partial charge in [-0.15, -0.1) is 5.10 Å². The van der Waals surface area contributed by atoms with Crippen LogP contribution in [0.3, 0.4) is 0 Å². The molecule has 1 aromatic heterocycles. The Morgan fingerprint density at radius 3 is 3.13 bits per heavy atom. The van der Waals surface area contributed by atoms with Crippen molar-refractivity contribution in [3.63, 3.8) is 0 Å². The maximum absolute atomic E-state index is 11.1. The van der Waals surface area contributed by atoms with Gasteiger partial charge in [-0.05, 0) is 26.3 Å². The molecule has 1 rings (SSSR count). The van der Waals surface area contributed by atoms with Gasteiger partial charge in [-0.2, -0.15) is 0 Å². The zero-order valence-electron chi connectivity index (χ0n) is 8.85. The predicted octanol–water partition coefficient (Wildman–Crippen LogP) is -0.267. The summed E-state index contributed by atoms with van der Waals surface area (Å²) in [5.41, 5.74) is 6.23. The minimum Gasteiger partial charge on any atom is -0.465 e. The van der Waals surface area contributed by atoms with Crippen LogP contribution in [-0.4, -0.2) is 34.1 Å². The van der Waals surface area contributed by atoms with Crippen molar-refractivity contribution in [2.75, 3.05) is 13.2 Å². The zero-order valence-corrected chi connectivity index (χ0v) is 8.85. The Kier molecular flexibility index (Phi) is 4.76. The van der Waals surface area contributed by atoms with Crippen molar-refractivity contribution in [3.05, 3.63) is 11.9 Å². The summed E-state index contributed by atoms with van der Waals surface area (Å²) >= 11 is 0. The highest BCUT2D eigenvalue weighted by atomic mass is 16.5. The Morgan fingerprint density at radius 1 is 1.67 bits per heavy atom. The molecule has 0 saturated heterocycles. The van der Waals surface area contributed by atoms with Gasteiger partial charge < -0.3 is 10.5 Å². The van der Waals surface area contributed by atoms with E-state index in [9.17, 15) is 4.79 Å². The van der Waals surface area contributed by atoms with Crippen LogP contribution in [0.1, 0.15) is 19.0 Å². The van der Waals surface area contributed by atoms with Gasteiger partial charge in [0, 0.05) is 6.20 Å². The molecule has 0 amide bonds. The first kappa shape index (κ1) is 11.6. The van der Waals surface area contributed by atoms with Crippen LogP contribution in [0.25, 0.3) is 0 Å². The maximum Gasteiger partial charge on any atom is 0.327 e. The van der Waals surface area contributed by atoms with Gasteiger partial charge in [0.15, 0.2) is 0 Å². The summed E-state index contributed by atoms with van der Waals surface area (Å²) in [5, 5.41) is 7.73. The van der Waals surface area contributed by atoms with E-state index in [2.05, 4.69) is 10.3 Å². The van der Waals surface area contributed by atoms with Gasteiger partial charge >= 0.3 is 5.97 Å². The topological polar surface area (TPSA) is 83.0 Å². The molecule has 2 N–H and O–H groups in total. The molecular weight excluding hydrogens is 196 g/mol. The summed E-state index contributed by atoms with van der Waals surface area (Å²) in [6, 6.07) is 0. The Balaban J connectivity index is 2.42. The quantitative estimate of drug-likeness (QED) is 0.656. The van der Waals surface area contributed by atoms with E-state index in [4.69, 9.17) is 10.5 Å². The van der Waals surface area contributed by atoms with Gasteiger partial charge in [-0.3, -0.25) is 4.79 Å². The summed E-state index contributed by atoms with van der Waals surface area (Å²) in [5.74, 6) is -0.298. The van der Waals surface area contributed by atoms with Crippen LogP contribution >= 0.6 is 0 Å². The lowest BCUT2D eigenvalue weighted by Crippen LogP contribution is -2.13. The molecule has 15 heavy (non-hydrogen) atoms. The normalized spacial score (nSPS) is 10.3. The second kappa shape index (κ2) is 6.13. The second-order valence-corrected chi connectivity index (χ2v) is 3.10. The minimum absolute atomic E-state index is 0.115. The van der Waals surface area contributed by atoms with Crippen molar-refractivity contribution in [1.82, 2.24) is 15.0 Å². The van der Waals surface area contributed by atoms with Crippen molar-refractivity contribution in [1.29, 1.82) is 0 Å². The van der Waals surface area contributed by atoms with Crippen LogP contribution in [0.15, 0.2) is 6.20 Å². The summed E-state index contributed by atoms with van der Waals surface area (Å²) in [6.45, 7) is 2.90. The molecule has 0 saturated carbocycles. The number of hydrogen-bond acceptors (Lipinski definition) is 5. The molecule has 0 aliphatic rings. The maximum atomic E-state index is 11.1. The minimum atomic E-state index is -0.298. The van der Waals surface area contributed by atoms with Crippen LogP contribution in [0.4, 0.5) is 0 Å². The van der Waals surface area contributed by atoms with Gasteiger partial charge in [0.1, 0.15) is 6.54 Å². The standard InChI is InChI=1S/C9H16N4O2/c1-2-15-9(14)7-13-6-8(11-12-13)4-3-5-10/h6H,2-5,7,10H2,1H3. The number of esters is 1. The average Bonchev–Trinajstić information content (AvgIpc) is 2.63. The third-order valence-corrected chi connectivity index (χ3v) is 1.82. The summed E-state index contributed by atoms with van der Waals surface area (Å²) in [4.78, 5) is 11.1. The van der Waals surface area contributed by atoms with Gasteiger partial charge in [0.2, 0.25) is 0 Å². The lowest BCUT2D eigenvalue weighted by molar-refractivity contribution is -0.144. The monoisotopic (exact) mass is 212 g/mol. The highest BCUT2D eigenvalue weighted by molar-refractivity contribution is 5.68. The fraction of sp³-hybridized carbons (Fsp3) is 0.667. The first-order valence-corrected chi connectivity index (χ1v) is 5.01. The molecule has 0 aliphatic carbocycles. The lowest BCUT2D eigenvalue weighted by Gasteiger charge is -1.99. The third kappa shape index (κ3) is 4.07. The van der Waals surface area contributed by atoms with Crippen LogP contribution in [0.2, 0.25) is 0 Å². The highest BCUT2D eigenvalue weighted by Crippen LogP contribution is 1.97. The molecule has 0 bridgehead atoms. The van der Waals surface area contributed by atoms with Gasteiger partial charge in [0.05, 0.1) is 12.3 Å². The van der Waals surface area contributed by atoms with Gasteiger partial charge in [-0.25, -0.2) is 4.68 Å². The average molecular weight is 212 g/mol. The van der Waals surface area contributed by atoms with Crippen LogP contribution < -0.4 is 5.73 Å². The third-order valence-electron chi connectivity index (χ3n) is 1.82. The largest absolute Gasteiger partial charge is 0.465 e.